The molecule has 20 heavy (non-hydrogen) atoms. The molecule has 6 heteroatoms. The fourth-order valence-corrected chi connectivity index (χ4v) is 3.48. The number of nitrogens with zero attached hydrogens (tertiary/aromatic N) is 3. The monoisotopic (exact) mass is 297 g/mol. The molecule has 0 unspecified atom stereocenters. The standard InChI is InChI=1S/C14H23N3O2S/c1-9(2)13-15-16-14(20-8-12(18)19)17(13)11-6-4-10(3)5-7-11/h9-11H,4-8H2,1-3H3,(H,18,19). The number of thioether (sulfide) groups is 1. The molecule has 1 aliphatic carbocycles. The van der Waals surface area contributed by atoms with Crippen molar-refractivity contribution in [2.75, 3.05) is 5.75 Å². The zero-order valence-corrected chi connectivity index (χ0v) is 13.2. The van der Waals surface area contributed by atoms with Crippen molar-refractivity contribution in [3.05, 3.63) is 5.82 Å². The number of rotatable bonds is 5. The number of hydrogen-bond acceptors (Lipinski definition) is 4. The van der Waals surface area contributed by atoms with Crippen LogP contribution in [0.1, 0.15) is 64.2 Å². The molecule has 1 heterocycles. The number of aromatic nitrogens is 3. The molecule has 0 aliphatic heterocycles. The summed E-state index contributed by atoms with van der Waals surface area (Å²) in [5.41, 5.74) is 0. The topological polar surface area (TPSA) is 68.0 Å². The molecule has 1 fully saturated rings. The van der Waals surface area contributed by atoms with Gasteiger partial charge in [-0.05, 0) is 31.6 Å². The van der Waals surface area contributed by atoms with Gasteiger partial charge in [0.1, 0.15) is 5.82 Å². The summed E-state index contributed by atoms with van der Waals surface area (Å²) in [4.78, 5) is 10.8. The predicted octanol–water partition coefficient (Wildman–Crippen LogP) is 3.33. The number of hydrogen-bond donors (Lipinski definition) is 1. The number of aliphatic carboxylic acids is 1. The number of carboxylic acid groups (broad SMARTS) is 1. The van der Waals surface area contributed by atoms with Crippen LogP contribution in [-0.2, 0) is 4.79 Å². The molecule has 0 atom stereocenters. The van der Waals surface area contributed by atoms with Crippen molar-refractivity contribution < 1.29 is 9.90 Å². The molecule has 1 aliphatic rings. The molecule has 5 nitrogen and oxygen atoms in total. The minimum atomic E-state index is -0.812. The Morgan fingerprint density at radius 1 is 1.35 bits per heavy atom. The van der Waals surface area contributed by atoms with E-state index in [1.54, 1.807) is 0 Å². The smallest absolute Gasteiger partial charge is 0.313 e. The minimum absolute atomic E-state index is 0.0410. The van der Waals surface area contributed by atoms with Gasteiger partial charge in [-0.2, -0.15) is 0 Å². The van der Waals surface area contributed by atoms with Gasteiger partial charge < -0.3 is 9.67 Å². The van der Waals surface area contributed by atoms with Gasteiger partial charge in [-0.3, -0.25) is 4.79 Å². The van der Waals surface area contributed by atoms with E-state index in [0.29, 0.717) is 12.0 Å². The summed E-state index contributed by atoms with van der Waals surface area (Å²) in [6, 6.07) is 0.426. The van der Waals surface area contributed by atoms with E-state index < -0.39 is 5.97 Å². The lowest BCUT2D eigenvalue weighted by Crippen LogP contribution is -2.20. The van der Waals surface area contributed by atoms with Crippen LogP contribution in [0.5, 0.6) is 0 Å². The summed E-state index contributed by atoms with van der Waals surface area (Å²) < 4.78 is 2.20. The van der Waals surface area contributed by atoms with Crippen molar-refractivity contribution in [3.63, 3.8) is 0 Å². The Balaban J connectivity index is 2.22. The van der Waals surface area contributed by atoms with E-state index in [1.165, 1.54) is 24.6 Å². The van der Waals surface area contributed by atoms with E-state index in [-0.39, 0.29) is 5.75 Å². The van der Waals surface area contributed by atoms with Crippen LogP contribution in [0.25, 0.3) is 0 Å². The summed E-state index contributed by atoms with van der Waals surface area (Å²) in [6.07, 6.45) is 4.73. The zero-order chi connectivity index (χ0) is 14.7. The maximum absolute atomic E-state index is 10.8. The molecule has 1 aromatic rings. The highest BCUT2D eigenvalue weighted by Crippen LogP contribution is 2.36. The Morgan fingerprint density at radius 2 is 2.00 bits per heavy atom. The van der Waals surface area contributed by atoms with E-state index >= 15 is 0 Å². The Kier molecular flexibility index (Phi) is 5.07. The van der Waals surface area contributed by atoms with E-state index in [2.05, 4.69) is 35.5 Å². The summed E-state index contributed by atoms with van der Waals surface area (Å²) in [6.45, 7) is 6.51. The third-order valence-corrected chi connectivity index (χ3v) is 4.81. The van der Waals surface area contributed by atoms with Crippen molar-refractivity contribution in [3.8, 4) is 0 Å². The van der Waals surface area contributed by atoms with E-state index in [0.717, 1.165) is 29.7 Å². The molecule has 112 valence electrons. The Bertz CT molecular complexity index is 465. The highest BCUT2D eigenvalue weighted by Gasteiger charge is 2.26. The average Bonchev–Trinajstić information content (AvgIpc) is 2.81. The first kappa shape index (κ1) is 15.4. The van der Waals surface area contributed by atoms with Crippen molar-refractivity contribution in [1.29, 1.82) is 0 Å². The SMILES string of the molecule is CC1CCC(n2c(SCC(=O)O)nnc2C(C)C)CC1. The van der Waals surface area contributed by atoms with Crippen molar-refractivity contribution in [2.45, 2.75) is 63.6 Å². The molecule has 0 aromatic carbocycles. The van der Waals surface area contributed by atoms with Gasteiger partial charge in [-0.15, -0.1) is 10.2 Å². The maximum atomic E-state index is 10.8. The molecular formula is C14H23N3O2S. The van der Waals surface area contributed by atoms with Gasteiger partial charge >= 0.3 is 5.97 Å². The second kappa shape index (κ2) is 6.61. The van der Waals surface area contributed by atoms with Crippen molar-refractivity contribution >= 4 is 17.7 Å². The largest absolute Gasteiger partial charge is 0.481 e. The van der Waals surface area contributed by atoms with Crippen molar-refractivity contribution in [2.24, 2.45) is 5.92 Å². The molecule has 0 radical (unpaired) electrons. The molecule has 0 saturated heterocycles. The van der Waals surface area contributed by atoms with E-state index in [1.807, 2.05) is 0 Å². The summed E-state index contributed by atoms with van der Waals surface area (Å²) in [7, 11) is 0. The molecule has 1 aromatic heterocycles. The lowest BCUT2D eigenvalue weighted by molar-refractivity contribution is -0.133. The summed E-state index contributed by atoms with van der Waals surface area (Å²) in [5.74, 6) is 1.31. The third kappa shape index (κ3) is 3.53. The lowest BCUT2D eigenvalue weighted by Gasteiger charge is -2.29. The first-order valence-corrected chi connectivity index (χ1v) is 8.27. The Morgan fingerprint density at radius 3 is 2.55 bits per heavy atom. The summed E-state index contributed by atoms with van der Waals surface area (Å²) in [5, 5.41) is 18.1. The first-order chi connectivity index (χ1) is 9.49. The second-order valence-electron chi connectivity index (χ2n) is 5.96. The molecule has 1 saturated carbocycles. The van der Waals surface area contributed by atoms with Gasteiger partial charge in [-0.25, -0.2) is 0 Å². The molecule has 0 bridgehead atoms. The Labute approximate surface area is 124 Å². The molecule has 0 spiro atoms. The average molecular weight is 297 g/mol. The zero-order valence-electron chi connectivity index (χ0n) is 12.4. The minimum Gasteiger partial charge on any atom is -0.481 e. The fourth-order valence-electron chi connectivity index (χ4n) is 2.75. The predicted molar refractivity (Wildman–Crippen MR) is 79.1 cm³/mol. The fraction of sp³-hybridized carbons (Fsp3) is 0.786. The van der Waals surface area contributed by atoms with E-state index in [4.69, 9.17) is 5.11 Å². The first-order valence-electron chi connectivity index (χ1n) is 7.28. The highest BCUT2D eigenvalue weighted by atomic mass is 32.2. The third-order valence-electron chi connectivity index (χ3n) is 3.88. The van der Waals surface area contributed by atoms with Crippen LogP contribution in [0.15, 0.2) is 5.16 Å². The van der Waals surface area contributed by atoms with Gasteiger partial charge in [0.05, 0.1) is 5.75 Å². The normalized spacial score (nSPS) is 23.2. The highest BCUT2D eigenvalue weighted by molar-refractivity contribution is 7.99. The van der Waals surface area contributed by atoms with Gasteiger partial charge in [0.15, 0.2) is 5.16 Å². The molecular weight excluding hydrogens is 274 g/mol. The lowest BCUT2D eigenvalue weighted by atomic mass is 9.87. The van der Waals surface area contributed by atoms with Crippen LogP contribution in [0.3, 0.4) is 0 Å². The van der Waals surface area contributed by atoms with Crippen LogP contribution >= 0.6 is 11.8 Å². The quantitative estimate of drug-likeness (QED) is 0.844. The van der Waals surface area contributed by atoms with Crippen LogP contribution in [0.4, 0.5) is 0 Å². The second-order valence-corrected chi connectivity index (χ2v) is 6.90. The maximum Gasteiger partial charge on any atom is 0.313 e. The molecule has 0 amide bonds. The van der Waals surface area contributed by atoms with Crippen LogP contribution < -0.4 is 0 Å². The van der Waals surface area contributed by atoms with Gasteiger partial charge in [0, 0.05) is 12.0 Å². The number of carbonyl (C=O) groups is 1. The summed E-state index contributed by atoms with van der Waals surface area (Å²) >= 11 is 1.28. The van der Waals surface area contributed by atoms with Gasteiger partial charge in [0.2, 0.25) is 0 Å². The number of carboxylic acids is 1. The van der Waals surface area contributed by atoms with Gasteiger partial charge in [0.25, 0.3) is 0 Å². The van der Waals surface area contributed by atoms with Crippen LogP contribution in [0.2, 0.25) is 0 Å². The van der Waals surface area contributed by atoms with Crippen molar-refractivity contribution in [1.82, 2.24) is 14.8 Å². The molecule has 1 N–H and O–H groups in total. The van der Waals surface area contributed by atoms with Gasteiger partial charge in [-0.1, -0.05) is 32.5 Å². The Hall–Kier alpha value is -1.04. The molecule has 2 rings (SSSR count). The van der Waals surface area contributed by atoms with E-state index in [9.17, 15) is 4.79 Å². The van der Waals surface area contributed by atoms with Crippen LogP contribution in [0, 0.1) is 5.92 Å². The van der Waals surface area contributed by atoms with Crippen LogP contribution in [-0.4, -0.2) is 31.6 Å².